The average molecular weight is 836 g/mol. The van der Waals surface area contributed by atoms with E-state index >= 15 is 0 Å². The molecule has 0 N–H and O–H groups in total. The summed E-state index contributed by atoms with van der Waals surface area (Å²) in [5.41, 5.74) is 16.0. The molecule has 2 unspecified atom stereocenters. The van der Waals surface area contributed by atoms with Crippen molar-refractivity contribution in [2.75, 3.05) is 24.6 Å². The Hall–Kier alpha value is 2.27. The molecule has 0 aliphatic carbocycles. The second-order valence-electron chi connectivity index (χ2n) is 12.6. The van der Waals surface area contributed by atoms with Gasteiger partial charge in [-0.25, -0.2) is 0 Å². The molecule has 0 bridgehead atoms. The van der Waals surface area contributed by atoms with Crippen LogP contribution in [-0.2, 0) is 0 Å². The monoisotopic (exact) mass is 832 g/mol. The van der Waals surface area contributed by atoms with E-state index in [0.717, 1.165) is 63.1 Å². The lowest BCUT2D eigenvalue weighted by molar-refractivity contribution is 0.577. The van der Waals surface area contributed by atoms with Crippen molar-refractivity contribution in [3.63, 3.8) is 0 Å². The van der Waals surface area contributed by atoms with Gasteiger partial charge in [0.1, 0.15) is 38.7 Å². The molecular weight excluding hydrogens is 778 g/mol. The Labute approximate surface area is 309 Å². The molecule has 0 aromatic heterocycles. The number of rotatable bonds is 24. The molecule has 0 spiro atoms. The summed E-state index contributed by atoms with van der Waals surface area (Å²) in [4.78, 5) is 0. The highest BCUT2D eigenvalue weighted by Gasteiger charge is 2.37. The first-order valence-electron chi connectivity index (χ1n) is 15.6. The maximum absolute atomic E-state index is 6.60. The van der Waals surface area contributed by atoms with E-state index in [-0.39, 0.29) is 49.8 Å². The van der Waals surface area contributed by atoms with E-state index in [1.807, 2.05) is 11.8 Å². The normalized spacial score (nSPS) is 14.7. The molecule has 15 heteroatoms. The first-order chi connectivity index (χ1) is 19.9. The van der Waals surface area contributed by atoms with Crippen molar-refractivity contribution in [3.8, 4) is 0 Å². The van der Waals surface area contributed by atoms with Crippen molar-refractivity contribution in [2.45, 2.75) is 105 Å². The van der Waals surface area contributed by atoms with Gasteiger partial charge in [0.15, 0.2) is 0 Å². The summed E-state index contributed by atoms with van der Waals surface area (Å²) in [6, 6.07) is -5.56. The van der Waals surface area contributed by atoms with Crippen molar-refractivity contribution in [1.82, 2.24) is 8.46 Å². The molecule has 0 rings (SSSR count). The summed E-state index contributed by atoms with van der Waals surface area (Å²) in [5.74, 6) is 2.00. The predicted octanol–water partition coefficient (Wildman–Crippen LogP) is 8.75. The molecule has 0 heterocycles. The number of hydrogen-bond acceptors (Lipinski definition) is 3. The van der Waals surface area contributed by atoms with Crippen LogP contribution in [0.25, 0.3) is 0 Å². The highest BCUT2D eigenvalue weighted by atomic mass is 35.8. The number of allylic oxidation sites excluding steroid dienone is 4. The zero-order valence-corrected chi connectivity index (χ0v) is 40.9. The number of nitrogens with zero attached hydrogens (tertiary/aromatic N) is 2. The second kappa shape index (κ2) is 25.3. The fourth-order valence-corrected chi connectivity index (χ4v) is 18.7. The van der Waals surface area contributed by atoms with Crippen LogP contribution < -0.4 is 0 Å². The Morgan fingerprint density at radius 1 is 0.535 bits per heavy atom. The molecule has 0 radical (unpaired) electrons. The highest BCUT2D eigenvalue weighted by Crippen LogP contribution is 2.42. The van der Waals surface area contributed by atoms with Crippen LogP contribution in [0.1, 0.15) is 93.9 Å². The van der Waals surface area contributed by atoms with Gasteiger partial charge >= 0.3 is 12.0 Å². The molecule has 0 aliphatic heterocycles. The maximum Gasteiger partial charge on any atom is 0.344 e. The maximum atomic E-state index is 6.60. The van der Waals surface area contributed by atoms with Crippen LogP contribution in [-0.4, -0.2) is 83.8 Å². The smallest absolute Gasteiger partial charge is 0.344 e. The van der Waals surface area contributed by atoms with Gasteiger partial charge in [0, 0.05) is 0 Å². The van der Waals surface area contributed by atoms with Crippen LogP contribution in [0, 0.1) is 0 Å². The first kappa shape index (κ1) is 45.3. The Morgan fingerprint density at radius 2 is 0.814 bits per heavy atom. The standard InChI is InChI=1S/C28H58Cl6N2SSi6/c1-23(2)19-38-35(39-20-24(3)4)15-9-11-27(42(29,30)31)13-17-37-18-14-28(43(32,33)34)12-10-16-36(40-21-25(5)6)41-22-26(7)8/h19-22,27-28H,9-18,38-41H2,1-8H3. The molecule has 0 amide bonds. The molecular formula is C28H58Cl6N2SSi6. The number of hydrogen-bond donors (Lipinski definition) is 0. The summed E-state index contributed by atoms with van der Waals surface area (Å²) in [5, 5.41) is 0. The third-order valence-corrected chi connectivity index (χ3v) is 27.3. The lowest BCUT2D eigenvalue weighted by Gasteiger charge is -2.26. The quantitative estimate of drug-likeness (QED) is 0.0546. The summed E-state index contributed by atoms with van der Waals surface area (Å²) in [7, 11) is -1.39. The average Bonchev–Trinajstić information content (AvgIpc) is 2.86. The fourth-order valence-electron chi connectivity index (χ4n) is 4.38. The molecule has 0 saturated heterocycles. The van der Waals surface area contributed by atoms with Crippen LogP contribution >= 0.6 is 78.2 Å². The van der Waals surface area contributed by atoms with Gasteiger partial charge in [-0.05, 0) is 130 Å². The van der Waals surface area contributed by atoms with Gasteiger partial charge < -0.3 is 8.46 Å². The van der Waals surface area contributed by atoms with Crippen LogP contribution in [0.2, 0.25) is 11.1 Å². The van der Waals surface area contributed by atoms with Gasteiger partial charge in [0.05, 0.1) is 0 Å². The predicted molar refractivity (Wildman–Crippen MR) is 224 cm³/mol. The largest absolute Gasteiger partial charge is 0.349 e. The van der Waals surface area contributed by atoms with Crippen molar-refractivity contribution in [1.29, 1.82) is 0 Å². The van der Waals surface area contributed by atoms with E-state index in [1.165, 1.54) is 22.3 Å². The minimum atomic E-state index is -2.78. The van der Waals surface area contributed by atoms with Crippen LogP contribution in [0.3, 0.4) is 0 Å². The van der Waals surface area contributed by atoms with Crippen LogP contribution in [0.15, 0.2) is 45.1 Å². The van der Waals surface area contributed by atoms with Gasteiger partial charge in [-0.2, -0.15) is 11.8 Å². The van der Waals surface area contributed by atoms with E-state index in [9.17, 15) is 0 Å². The van der Waals surface area contributed by atoms with E-state index < -0.39 is 12.0 Å². The summed E-state index contributed by atoms with van der Waals surface area (Å²) >= 11 is 41.5. The first-order valence-corrected chi connectivity index (χ1v) is 32.8. The second-order valence-corrected chi connectivity index (χ2v) is 40.3. The zero-order valence-electron chi connectivity index (χ0n) is 27.9. The van der Waals surface area contributed by atoms with Crippen LogP contribution in [0.5, 0.6) is 0 Å². The Bertz CT molecular complexity index is 770. The third kappa shape index (κ3) is 26.9. The number of halogens is 6. The van der Waals surface area contributed by atoms with Crippen molar-refractivity contribution >= 4 is 129 Å². The van der Waals surface area contributed by atoms with Crippen molar-refractivity contribution in [3.05, 3.63) is 45.1 Å². The van der Waals surface area contributed by atoms with Gasteiger partial charge in [0.2, 0.25) is 0 Å². The fraction of sp³-hybridized carbons (Fsp3) is 0.714. The van der Waals surface area contributed by atoms with Gasteiger partial charge in [-0.3, -0.25) is 0 Å². The van der Waals surface area contributed by atoms with Gasteiger partial charge in [0.25, 0.3) is 0 Å². The molecule has 252 valence electrons. The molecule has 0 fully saturated rings. The van der Waals surface area contributed by atoms with Gasteiger partial charge in [-0.1, -0.05) is 45.1 Å². The van der Waals surface area contributed by atoms with E-state index in [4.69, 9.17) is 66.5 Å². The molecule has 0 aromatic rings. The molecule has 43 heavy (non-hydrogen) atoms. The summed E-state index contributed by atoms with van der Waals surface area (Å²) in [6.07, 6.45) is 6.12. The van der Waals surface area contributed by atoms with E-state index in [1.54, 1.807) is 0 Å². The van der Waals surface area contributed by atoms with Crippen molar-refractivity contribution < 1.29 is 0 Å². The minimum absolute atomic E-state index is 0.196. The molecule has 2 nitrogen and oxygen atoms in total. The number of thioether (sulfide) groups is 1. The Kier molecular flexibility index (Phi) is 26.6. The van der Waals surface area contributed by atoms with Crippen LogP contribution in [0.4, 0.5) is 0 Å². The van der Waals surface area contributed by atoms with Gasteiger partial charge in [-0.15, -0.1) is 66.5 Å². The van der Waals surface area contributed by atoms with Crippen molar-refractivity contribution in [2.24, 2.45) is 0 Å². The third-order valence-electron chi connectivity index (χ3n) is 7.23. The zero-order chi connectivity index (χ0) is 33.1. The Morgan fingerprint density at radius 3 is 1.05 bits per heavy atom. The summed E-state index contributed by atoms with van der Waals surface area (Å²) < 4.78 is 5.50. The SMILES string of the molecule is CC(C)=C[SiH2]N(CCCC(CCSCCC(CCCN([SiH2]C=C(C)C)[SiH2]C=C(C)C)[Si](Cl)(Cl)Cl)[Si](Cl)(Cl)Cl)[SiH2]C=C(C)C. The molecule has 0 aliphatic rings. The minimum Gasteiger partial charge on any atom is -0.349 e. The lowest BCUT2D eigenvalue weighted by Crippen LogP contribution is -2.32. The molecule has 0 saturated carbocycles. The Balaban J connectivity index is 4.84. The van der Waals surface area contributed by atoms with E-state index in [2.05, 4.69) is 86.6 Å². The molecule has 0 aromatic carbocycles. The van der Waals surface area contributed by atoms with E-state index in [0.29, 0.717) is 0 Å². The summed E-state index contributed by atoms with van der Waals surface area (Å²) in [6.45, 7) is 19.8. The lowest BCUT2D eigenvalue weighted by atomic mass is 10.2. The topological polar surface area (TPSA) is 6.48 Å². The molecule has 2 atom stereocenters. The highest BCUT2D eigenvalue weighted by molar-refractivity contribution is 7.99.